The first-order valence-corrected chi connectivity index (χ1v) is 10.6. The van der Waals surface area contributed by atoms with Crippen LogP contribution in [0.2, 0.25) is 0 Å². The van der Waals surface area contributed by atoms with Gasteiger partial charge in [0.1, 0.15) is 5.69 Å². The van der Waals surface area contributed by atoms with Crippen LogP contribution in [0.3, 0.4) is 0 Å². The van der Waals surface area contributed by atoms with Gasteiger partial charge in [0.25, 0.3) is 5.91 Å². The summed E-state index contributed by atoms with van der Waals surface area (Å²) in [6.07, 6.45) is 5.77. The van der Waals surface area contributed by atoms with Crippen LogP contribution >= 0.6 is 0 Å². The number of hydrogen-bond acceptors (Lipinski definition) is 3. The van der Waals surface area contributed by atoms with Crippen LogP contribution in [0, 0.1) is 0 Å². The molecular weight excluding hydrogens is 372 g/mol. The molecule has 1 unspecified atom stereocenters. The molecule has 2 aromatic carbocycles. The Bertz CT molecular complexity index is 1150. The third-order valence-corrected chi connectivity index (χ3v) is 5.92. The minimum Gasteiger partial charge on any atom is -0.463 e. The number of likely N-dealkylation sites (tertiary alicyclic amines) is 1. The summed E-state index contributed by atoms with van der Waals surface area (Å²) in [5, 5.41) is 0.891. The monoisotopic (exact) mass is 396 g/mol. The molecule has 4 aromatic rings. The van der Waals surface area contributed by atoms with E-state index >= 15 is 0 Å². The van der Waals surface area contributed by atoms with Gasteiger partial charge in [-0.2, -0.15) is 0 Å². The molecule has 30 heavy (non-hydrogen) atoms. The molecule has 0 bridgehead atoms. The van der Waals surface area contributed by atoms with Gasteiger partial charge in [0, 0.05) is 18.0 Å². The summed E-state index contributed by atoms with van der Waals surface area (Å²) in [7, 11) is 0. The summed E-state index contributed by atoms with van der Waals surface area (Å²) in [6, 6.07) is 24.1. The molecular formula is C26H24N2O2. The number of para-hydroxylation sites is 1. The Kier molecular flexibility index (Phi) is 5.06. The Morgan fingerprint density at radius 3 is 2.67 bits per heavy atom. The molecule has 0 radical (unpaired) electrons. The standard InChI is InChI=1S/C26H24N2O2/c29-26(28-15-7-6-11-20(28)17-19-9-2-1-3-10-19)22-18-24(25-14-8-16-30-25)27-23-13-5-4-12-21(22)23/h1-5,8-10,12-14,16,18,20H,6-7,11,15,17H2. The number of nitrogens with zero attached hydrogens (tertiary/aromatic N) is 2. The average molecular weight is 396 g/mol. The van der Waals surface area contributed by atoms with Gasteiger partial charge in [-0.25, -0.2) is 4.98 Å². The molecule has 4 heteroatoms. The molecule has 3 heterocycles. The van der Waals surface area contributed by atoms with E-state index in [-0.39, 0.29) is 11.9 Å². The molecule has 1 aliphatic rings. The molecule has 4 nitrogen and oxygen atoms in total. The van der Waals surface area contributed by atoms with Gasteiger partial charge >= 0.3 is 0 Å². The van der Waals surface area contributed by atoms with Crippen LogP contribution in [0.15, 0.2) is 83.5 Å². The van der Waals surface area contributed by atoms with Crippen molar-refractivity contribution < 1.29 is 9.21 Å². The van der Waals surface area contributed by atoms with Gasteiger partial charge in [-0.3, -0.25) is 4.79 Å². The summed E-state index contributed by atoms with van der Waals surface area (Å²) in [6.45, 7) is 0.795. The molecule has 0 spiro atoms. The van der Waals surface area contributed by atoms with Crippen LogP contribution in [-0.4, -0.2) is 28.4 Å². The molecule has 0 saturated carbocycles. The van der Waals surface area contributed by atoms with Crippen LogP contribution in [0.25, 0.3) is 22.4 Å². The number of fused-ring (bicyclic) bond motifs is 1. The van der Waals surface area contributed by atoms with Crippen molar-refractivity contribution in [2.75, 3.05) is 6.54 Å². The van der Waals surface area contributed by atoms with E-state index in [0.717, 1.165) is 43.1 Å². The Hall–Kier alpha value is -3.40. The third kappa shape index (κ3) is 3.61. The van der Waals surface area contributed by atoms with E-state index in [2.05, 4.69) is 29.2 Å². The van der Waals surface area contributed by atoms with Crippen molar-refractivity contribution in [3.05, 3.63) is 90.2 Å². The number of furan rings is 1. The minimum absolute atomic E-state index is 0.0852. The van der Waals surface area contributed by atoms with Crippen LogP contribution in [0.4, 0.5) is 0 Å². The quantitative estimate of drug-likeness (QED) is 0.442. The molecule has 1 amide bonds. The third-order valence-electron chi connectivity index (χ3n) is 5.92. The molecule has 1 fully saturated rings. The summed E-state index contributed by atoms with van der Waals surface area (Å²) in [4.78, 5) is 20.6. The Balaban J connectivity index is 1.54. The molecule has 0 N–H and O–H groups in total. The van der Waals surface area contributed by atoms with E-state index in [1.807, 2.05) is 48.5 Å². The zero-order valence-corrected chi connectivity index (χ0v) is 16.8. The number of piperidine rings is 1. The molecule has 2 aromatic heterocycles. The van der Waals surface area contributed by atoms with Crippen molar-refractivity contribution in [2.24, 2.45) is 0 Å². The number of hydrogen-bond donors (Lipinski definition) is 0. The van der Waals surface area contributed by atoms with Crippen molar-refractivity contribution in [2.45, 2.75) is 31.7 Å². The van der Waals surface area contributed by atoms with E-state index in [9.17, 15) is 4.79 Å². The predicted octanol–water partition coefficient (Wildman–Crippen LogP) is 5.73. The number of benzene rings is 2. The van der Waals surface area contributed by atoms with E-state index in [1.54, 1.807) is 6.26 Å². The van der Waals surface area contributed by atoms with E-state index in [0.29, 0.717) is 17.0 Å². The number of carbonyl (C=O) groups excluding carboxylic acids is 1. The lowest BCUT2D eigenvalue weighted by Gasteiger charge is -2.36. The lowest BCUT2D eigenvalue weighted by atomic mass is 9.94. The summed E-state index contributed by atoms with van der Waals surface area (Å²) in [5.74, 6) is 0.760. The highest BCUT2D eigenvalue weighted by Gasteiger charge is 2.29. The Morgan fingerprint density at radius 2 is 1.83 bits per heavy atom. The topological polar surface area (TPSA) is 46.3 Å². The zero-order chi connectivity index (χ0) is 20.3. The van der Waals surface area contributed by atoms with Crippen molar-refractivity contribution in [1.82, 2.24) is 9.88 Å². The highest BCUT2D eigenvalue weighted by Crippen LogP contribution is 2.29. The van der Waals surface area contributed by atoms with Crippen LogP contribution in [-0.2, 0) is 6.42 Å². The van der Waals surface area contributed by atoms with Gasteiger partial charge in [-0.05, 0) is 55.5 Å². The highest BCUT2D eigenvalue weighted by molar-refractivity contribution is 6.07. The van der Waals surface area contributed by atoms with Crippen molar-refractivity contribution in [3.8, 4) is 11.5 Å². The maximum atomic E-state index is 13.8. The molecule has 1 saturated heterocycles. The van der Waals surface area contributed by atoms with Gasteiger partial charge in [0.15, 0.2) is 5.76 Å². The predicted molar refractivity (Wildman–Crippen MR) is 118 cm³/mol. The van der Waals surface area contributed by atoms with E-state index in [4.69, 9.17) is 9.40 Å². The van der Waals surface area contributed by atoms with Gasteiger partial charge in [0.2, 0.25) is 0 Å². The molecule has 5 rings (SSSR count). The van der Waals surface area contributed by atoms with E-state index in [1.165, 1.54) is 5.56 Å². The Morgan fingerprint density at radius 1 is 1.00 bits per heavy atom. The van der Waals surface area contributed by atoms with Gasteiger partial charge in [-0.15, -0.1) is 0 Å². The first-order chi connectivity index (χ1) is 14.8. The maximum absolute atomic E-state index is 13.8. The normalized spacial score (nSPS) is 16.7. The largest absolute Gasteiger partial charge is 0.463 e. The lowest BCUT2D eigenvalue weighted by Crippen LogP contribution is -2.45. The second-order valence-corrected chi connectivity index (χ2v) is 7.89. The number of pyridine rings is 1. The van der Waals surface area contributed by atoms with E-state index < -0.39 is 0 Å². The lowest BCUT2D eigenvalue weighted by molar-refractivity contribution is 0.0615. The number of carbonyl (C=O) groups is 1. The summed E-state index contributed by atoms with van der Waals surface area (Å²) >= 11 is 0. The van der Waals surface area contributed by atoms with Gasteiger partial charge in [-0.1, -0.05) is 48.5 Å². The van der Waals surface area contributed by atoms with Crippen molar-refractivity contribution in [3.63, 3.8) is 0 Å². The van der Waals surface area contributed by atoms with Gasteiger partial charge < -0.3 is 9.32 Å². The molecule has 150 valence electrons. The van der Waals surface area contributed by atoms with Crippen LogP contribution in [0.5, 0.6) is 0 Å². The fourth-order valence-corrected chi connectivity index (χ4v) is 4.42. The first-order valence-electron chi connectivity index (χ1n) is 10.6. The average Bonchev–Trinajstić information content (AvgIpc) is 3.34. The molecule has 0 aliphatic carbocycles. The minimum atomic E-state index is 0.0852. The molecule has 1 aliphatic heterocycles. The fraction of sp³-hybridized carbons (Fsp3) is 0.231. The van der Waals surface area contributed by atoms with Crippen LogP contribution < -0.4 is 0 Å². The van der Waals surface area contributed by atoms with Crippen molar-refractivity contribution in [1.29, 1.82) is 0 Å². The second-order valence-electron chi connectivity index (χ2n) is 7.89. The van der Waals surface area contributed by atoms with Gasteiger partial charge in [0.05, 0.1) is 17.3 Å². The highest BCUT2D eigenvalue weighted by atomic mass is 16.3. The first kappa shape index (κ1) is 18.6. The number of amides is 1. The number of aromatic nitrogens is 1. The summed E-state index contributed by atoms with van der Waals surface area (Å²) < 4.78 is 5.56. The zero-order valence-electron chi connectivity index (χ0n) is 16.8. The SMILES string of the molecule is O=C(c1cc(-c2ccco2)nc2ccccc12)N1CCCCC1Cc1ccccc1. The summed E-state index contributed by atoms with van der Waals surface area (Å²) in [5.41, 5.74) is 3.48. The Labute approximate surface area is 176 Å². The fourth-order valence-electron chi connectivity index (χ4n) is 4.42. The number of rotatable bonds is 4. The van der Waals surface area contributed by atoms with Crippen molar-refractivity contribution >= 4 is 16.8 Å². The second kappa shape index (κ2) is 8.15. The smallest absolute Gasteiger partial charge is 0.254 e. The molecule has 1 atom stereocenters. The maximum Gasteiger partial charge on any atom is 0.254 e. The van der Waals surface area contributed by atoms with Crippen LogP contribution in [0.1, 0.15) is 35.2 Å².